The molecule has 2 heterocycles. The highest BCUT2D eigenvalue weighted by atomic mass is 32.2. The summed E-state index contributed by atoms with van der Waals surface area (Å²) in [5, 5.41) is 2.35. The lowest BCUT2D eigenvalue weighted by molar-refractivity contribution is -0.151. The molecule has 0 fully saturated rings. The lowest BCUT2D eigenvalue weighted by Crippen LogP contribution is -2.25. The van der Waals surface area contributed by atoms with Gasteiger partial charge in [-0.25, -0.2) is 4.98 Å². The van der Waals surface area contributed by atoms with Crippen LogP contribution in [-0.2, 0) is 16.6 Å². The van der Waals surface area contributed by atoms with E-state index in [4.69, 9.17) is 4.74 Å². The zero-order chi connectivity index (χ0) is 14.9. The molecule has 2 aromatic heterocycles. The SMILES string of the molecule is Cn1c(SCC(=O)OC(C)(C)C)nc2ccsc2c1=O. The first-order valence-corrected chi connectivity index (χ1v) is 7.93. The molecule has 7 heteroatoms. The minimum absolute atomic E-state index is 0.0864. The molecule has 0 aliphatic rings. The first kappa shape index (κ1) is 15.1. The number of aromatic nitrogens is 2. The Bertz CT molecular complexity index is 698. The number of nitrogens with zero attached hydrogens (tertiary/aromatic N) is 2. The van der Waals surface area contributed by atoms with E-state index >= 15 is 0 Å². The second kappa shape index (κ2) is 5.57. The van der Waals surface area contributed by atoms with Crippen LogP contribution in [0.2, 0.25) is 0 Å². The molecule has 108 valence electrons. The minimum Gasteiger partial charge on any atom is -0.459 e. The van der Waals surface area contributed by atoms with Crippen LogP contribution in [0.5, 0.6) is 0 Å². The summed E-state index contributed by atoms with van der Waals surface area (Å²) in [6.07, 6.45) is 0. The number of fused-ring (bicyclic) bond motifs is 1. The van der Waals surface area contributed by atoms with Gasteiger partial charge in [0.05, 0.1) is 11.3 Å². The van der Waals surface area contributed by atoms with Gasteiger partial charge in [0.1, 0.15) is 10.3 Å². The van der Waals surface area contributed by atoms with Gasteiger partial charge in [-0.3, -0.25) is 14.2 Å². The molecule has 0 amide bonds. The Morgan fingerprint density at radius 1 is 1.50 bits per heavy atom. The quantitative estimate of drug-likeness (QED) is 0.495. The number of thioether (sulfide) groups is 1. The second-order valence-corrected chi connectivity index (χ2v) is 7.13. The normalized spacial score (nSPS) is 11.8. The van der Waals surface area contributed by atoms with E-state index < -0.39 is 5.60 Å². The molecule has 0 saturated heterocycles. The Balaban J connectivity index is 2.16. The fourth-order valence-electron chi connectivity index (χ4n) is 1.59. The van der Waals surface area contributed by atoms with Gasteiger partial charge < -0.3 is 4.74 Å². The topological polar surface area (TPSA) is 61.2 Å². The molecule has 2 aromatic rings. The van der Waals surface area contributed by atoms with E-state index in [1.165, 1.54) is 27.7 Å². The van der Waals surface area contributed by atoms with Gasteiger partial charge in [0.25, 0.3) is 5.56 Å². The summed E-state index contributed by atoms with van der Waals surface area (Å²) in [5.41, 5.74) is 0.0790. The molecule has 0 atom stereocenters. The zero-order valence-corrected chi connectivity index (χ0v) is 13.4. The molecule has 0 saturated carbocycles. The van der Waals surface area contributed by atoms with Crippen molar-refractivity contribution in [2.45, 2.75) is 31.5 Å². The smallest absolute Gasteiger partial charge is 0.316 e. The van der Waals surface area contributed by atoms with Crippen molar-refractivity contribution in [3.05, 3.63) is 21.8 Å². The number of hydrogen-bond donors (Lipinski definition) is 0. The van der Waals surface area contributed by atoms with E-state index in [-0.39, 0.29) is 17.3 Å². The van der Waals surface area contributed by atoms with Gasteiger partial charge in [0, 0.05) is 7.05 Å². The average molecular weight is 312 g/mol. The van der Waals surface area contributed by atoms with Gasteiger partial charge in [-0.2, -0.15) is 0 Å². The van der Waals surface area contributed by atoms with Crippen LogP contribution in [0.4, 0.5) is 0 Å². The molecule has 0 aromatic carbocycles. The van der Waals surface area contributed by atoms with Crippen molar-refractivity contribution >= 4 is 39.3 Å². The van der Waals surface area contributed by atoms with Crippen molar-refractivity contribution in [2.24, 2.45) is 7.05 Å². The predicted octanol–water partition coefficient (Wildman–Crippen LogP) is 2.43. The maximum Gasteiger partial charge on any atom is 0.316 e. The summed E-state index contributed by atoms with van der Waals surface area (Å²) < 4.78 is 7.33. The number of carbonyl (C=O) groups is 1. The number of ether oxygens (including phenoxy) is 1. The van der Waals surface area contributed by atoms with Gasteiger partial charge in [-0.15, -0.1) is 11.3 Å². The molecular formula is C13H16N2O3S2. The van der Waals surface area contributed by atoms with Crippen LogP contribution >= 0.6 is 23.1 Å². The van der Waals surface area contributed by atoms with Crippen molar-refractivity contribution in [3.8, 4) is 0 Å². The third-order valence-electron chi connectivity index (χ3n) is 2.39. The van der Waals surface area contributed by atoms with Crippen LogP contribution in [0.25, 0.3) is 10.2 Å². The van der Waals surface area contributed by atoms with Crippen molar-refractivity contribution < 1.29 is 9.53 Å². The van der Waals surface area contributed by atoms with Gasteiger partial charge in [-0.1, -0.05) is 11.8 Å². The Kier molecular flexibility index (Phi) is 4.19. The van der Waals surface area contributed by atoms with Gasteiger partial charge in [-0.05, 0) is 32.2 Å². The fourth-order valence-corrected chi connectivity index (χ4v) is 3.14. The van der Waals surface area contributed by atoms with Crippen molar-refractivity contribution in [1.82, 2.24) is 9.55 Å². The van der Waals surface area contributed by atoms with Crippen LogP contribution < -0.4 is 5.56 Å². The number of rotatable bonds is 3. The van der Waals surface area contributed by atoms with E-state index in [1.807, 2.05) is 26.2 Å². The predicted molar refractivity (Wildman–Crippen MR) is 81.4 cm³/mol. The van der Waals surface area contributed by atoms with Crippen LogP contribution in [0, 0.1) is 0 Å². The monoisotopic (exact) mass is 312 g/mol. The number of thiophene rings is 1. The highest BCUT2D eigenvalue weighted by Gasteiger charge is 2.17. The lowest BCUT2D eigenvalue weighted by Gasteiger charge is -2.19. The molecule has 20 heavy (non-hydrogen) atoms. The first-order chi connectivity index (χ1) is 9.28. The first-order valence-electron chi connectivity index (χ1n) is 6.07. The summed E-state index contributed by atoms with van der Waals surface area (Å²) in [4.78, 5) is 28.2. The molecule has 0 unspecified atom stereocenters. The van der Waals surface area contributed by atoms with Gasteiger partial charge >= 0.3 is 5.97 Å². The maximum absolute atomic E-state index is 12.1. The van der Waals surface area contributed by atoms with Crippen molar-refractivity contribution in [3.63, 3.8) is 0 Å². The molecule has 0 N–H and O–H groups in total. The molecule has 0 aliphatic carbocycles. The highest BCUT2D eigenvalue weighted by molar-refractivity contribution is 7.99. The van der Waals surface area contributed by atoms with E-state index in [0.29, 0.717) is 15.4 Å². The fraction of sp³-hybridized carbons (Fsp3) is 0.462. The summed E-state index contributed by atoms with van der Waals surface area (Å²) >= 11 is 2.58. The lowest BCUT2D eigenvalue weighted by atomic mass is 10.2. The molecule has 5 nitrogen and oxygen atoms in total. The molecule has 0 aliphatic heterocycles. The van der Waals surface area contributed by atoms with E-state index in [2.05, 4.69) is 4.98 Å². The third kappa shape index (κ3) is 3.40. The number of hydrogen-bond acceptors (Lipinski definition) is 6. The summed E-state index contributed by atoms with van der Waals surface area (Å²) in [7, 11) is 1.66. The van der Waals surface area contributed by atoms with E-state index in [1.54, 1.807) is 13.1 Å². The summed E-state index contributed by atoms with van der Waals surface area (Å²) in [6, 6.07) is 1.80. The Labute approximate surface area is 125 Å². The molecule has 2 rings (SSSR count). The average Bonchev–Trinajstić information content (AvgIpc) is 2.78. The molecule has 0 radical (unpaired) electrons. The number of carbonyl (C=O) groups excluding carboxylic acids is 1. The third-order valence-corrected chi connectivity index (χ3v) is 4.28. The highest BCUT2D eigenvalue weighted by Crippen LogP contribution is 2.20. The second-order valence-electron chi connectivity index (χ2n) is 5.27. The Morgan fingerprint density at radius 2 is 2.20 bits per heavy atom. The largest absolute Gasteiger partial charge is 0.459 e. The van der Waals surface area contributed by atoms with Crippen LogP contribution in [-0.4, -0.2) is 26.9 Å². The van der Waals surface area contributed by atoms with Gasteiger partial charge in [0.2, 0.25) is 0 Å². The standard InChI is InChI=1S/C13H16N2O3S2/c1-13(2,3)18-9(16)7-20-12-14-8-5-6-19-10(8)11(17)15(12)4/h5-6H,7H2,1-4H3. The van der Waals surface area contributed by atoms with Crippen molar-refractivity contribution in [2.75, 3.05) is 5.75 Å². The zero-order valence-electron chi connectivity index (χ0n) is 11.8. The van der Waals surface area contributed by atoms with Gasteiger partial charge in [0.15, 0.2) is 5.16 Å². The van der Waals surface area contributed by atoms with E-state index in [0.717, 1.165) is 0 Å². The molecule has 0 spiro atoms. The molecule has 0 bridgehead atoms. The summed E-state index contributed by atoms with van der Waals surface area (Å²) in [6.45, 7) is 5.46. The van der Waals surface area contributed by atoms with Crippen LogP contribution in [0.15, 0.2) is 21.4 Å². The molecular weight excluding hydrogens is 296 g/mol. The van der Waals surface area contributed by atoms with Crippen LogP contribution in [0.1, 0.15) is 20.8 Å². The van der Waals surface area contributed by atoms with E-state index in [9.17, 15) is 9.59 Å². The van der Waals surface area contributed by atoms with Crippen molar-refractivity contribution in [1.29, 1.82) is 0 Å². The Morgan fingerprint density at radius 3 is 2.85 bits per heavy atom. The number of esters is 1. The Hall–Kier alpha value is -1.34. The minimum atomic E-state index is -0.506. The van der Waals surface area contributed by atoms with Crippen LogP contribution in [0.3, 0.4) is 0 Å². The summed E-state index contributed by atoms with van der Waals surface area (Å²) in [5.74, 6) is -0.185. The maximum atomic E-state index is 12.1.